The summed E-state index contributed by atoms with van der Waals surface area (Å²) in [6.07, 6.45) is 2.86. The summed E-state index contributed by atoms with van der Waals surface area (Å²) in [5, 5.41) is 0. The monoisotopic (exact) mass is 351 g/mol. The lowest BCUT2D eigenvalue weighted by Gasteiger charge is -2.12. The highest BCUT2D eigenvalue weighted by Crippen LogP contribution is 2.17. The largest absolute Gasteiger partial charge is 0.497 e. The van der Waals surface area contributed by atoms with Gasteiger partial charge in [-0.05, 0) is 48.5 Å². The molecule has 26 heavy (non-hydrogen) atoms. The Kier molecular flexibility index (Phi) is 5.19. The Hall–Kier alpha value is -3.74. The van der Waals surface area contributed by atoms with Crippen molar-refractivity contribution in [2.75, 3.05) is 7.11 Å². The maximum Gasteiger partial charge on any atom is 0.431 e. The molecule has 0 saturated heterocycles. The van der Waals surface area contributed by atoms with Gasteiger partial charge in [-0.3, -0.25) is 10.2 Å². The zero-order valence-corrected chi connectivity index (χ0v) is 14.0. The summed E-state index contributed by atoms with van der Waals surface area (Å²) in [6.45, 7) is 0. The van der Waals surface area contributed by atoms with Crippen LogP contribution >= 0.6 is 0 Å². The third-order valence-electron chi connectivity index (χ3n) is 3.58. The Bertz CT molecular complexity index is 889. The van der Waals surface area contributed by atoms with Crippen LogP contribution in [0.5, 0.6) is 11.5 Å². The fourth-order valence-corrected chi connectivity index (χ4v) is 2.34. The van der Waals surface area contributed by atoms with Crippen LogP contribution in [0.2, 0.25) is 0 Å². The second-order valence-electron chi connectivity index (χ2n) is 5.25. The molecule has 3 aromatic rings. The normalized spacial score (nSPS) is 10.0. The van der Waals surface area contributed by atoms with Gasteiger partial charge in [0.1, 0.15) is 11.5 Å². The quantitative estimate of drug-likeness (QED) is 0.708. The number of amides is 2. The van der Waals surface area contributed by atoms with Crippen molar-refractivity contribution in [1.82, 2.24) is 15.4 Å². The van der Waals surface area contributed by atoms with Gasteiger partial charge < -0.3 is 14.0 Å². The molecule has 0 radical (unpaired) electrons. The predicted molar refractivity (Wildman–Crippen MR) is 95.4 cm³/mol. The number of aromatic nitrogens is 1. The molecule has 0 aliphatic carbocycles. The van der Waals surface area contributed by atoms with Crippen LogP contribution in [0.15, 0.2) is 73.1 Å². The second-order valence-corrected chi connectivity index (χ2v) is 5.25. The van der Waals surface area contributed by atoms with Gasteiger partial charge in [0.15, 0.2) is 0 Å². The molecule has 132 valence electrons. The zero-order valence-electron chi connectivity index (χ0n) is 14.0. The van der Waals surface area contributed by atoms with Gasteiger partial charge in [0.25, 0.3) is 5.91 Å². The number of ether oxygens (including phenoxy) is 2. The summed E-state index contributed by atoms with van der Waals surface area (Å²) < 4.78 is 11.9. The van der Waals surface area contributed by atoms with Crippen molar-refractivity contribution >= 4 is 12.0 Å². The van der Waals surface area contributed by atoms with E-state index in [0.717, 1.165) is 0 Å². The van der Waals surface area contributed by atoms with Gasteiger partial charge in [-0.25, -0.2) is 10.2 Å². The van der Waals surface area contributed by atoms with E-state index in [0.29, 0.717) is 22.7 Å². The van der Waals surface area contributed by atoms with Gasteiger partial charge in [-0.1, -0.05) is 12.1 Å². The molecule has 0 aliphatic heterocycles. The van der Waals surface area contributed by atoms with E-state index in [1.54, 1.807) is 43.5 Å². The number of rotatable bonds is 4. The van der Waals surface area contributed by atoms with Gasteiger partial charge in [0.05, 0.1) is 18.4 Å². The van der Waals surface area contributed by atoms with Gasteiger partial charge in [0, 0.05) is 12.4 Å². The Morgan fingerprint density at radius 2 is 1.50 bits per heavy atom. The number of para-hydroxylation sites is 1. The van der Waals surface area contributed by atoms with Crippen LogP contribution in [-0.4, -0.2) is 23.7 Å². The molecule has 7 heteroatoms. The molecular weight excluding hydrogens is 334 g/mol. The van der Waals surface area contributed by atoms with Gasteiger partial charge in [-0.15, -0.1) is 0 Å². The fraction of sp³-hybridized carbons (Fsp3) is 0.0526. The van der Waals surface area contributed by atoms with Crippen LogP contribution in [-0.2, 0) is 0 Å². The molecule has 0 fully saturated rings. The maximum absolute atomic E-state index is 12.4. The van der Waals surface area contributed by atoms with Crippen molar-refractivity contribution in [1.29, 1.82) is 0 Å². The molecular formula is C19H17N3O4. The van der Waals surface area contributed by atoms with Crippen molar-refractivity contribution in [3.8, 4) is 17.2 Å². The first kappa shape index (κ1) is 17.1. The molecule has 0 atom stereocenters. The first-order valence-corrected chi connectivity index (χ1v) is 7.82. The number of hydrogen-bond donors (Lipinski definition) is 2. The summed E-state index contributed by atoms with van der Waals surface area (Å²) in [5.74, 6) is 0.513. The standard InChI is InChI=1S/C19H17N3O4/c1-25-14-8-10-15(11-9-14)26-19(24)21-20-18(23)16-6-2-3-7-17(16)22-12-4-5-13-22/h2-13H,1H3,(H,20,23)(H,21,24). The predicted octanol–water partition coefficient (Wildman–Crippen LogP) is 2.92. The van der Waals surface area contributed by atoms with Crippen molar-refractivity contribution in [2.24, 2.45) is 0 Å². The van der Waals surface area contributed by atoms with Crippen molar-refractivity contribution in [3.63, 3.8) is 0 Å². The number of carbonyl (C=O) groups excluding carboxylic acids is 2. The molecule has 3 rings (SSSR count). The highest BCUT2D eigenvalue weighted by Gasteiger charge is 2.13. The summed E-state index contributed by atoms with van der Waals surface area (Å²) in [4.78, 5) is 24.2. The number of hydrazine groups is 1. The minimum atomic E-state index is -0.804. The van der Waals surface area contributed by atoms with Gasteiger partial charge in [0.2, 0.25) is 0 Å². The van der Waals surface area contributed by atoms with Gasteiger partial charge >= 0.3 is 6.09 Å². The molecule has 0 aliphatic rings. The van der Waals surface area contributed by atoms with Crippen LogP contribution in [0.25, 0.3) is 5.69 Å². The molecule has 2 amide bonds. The minimum Gasteiger partial charge on any atom is -0.497 e. The van der Waals surface area contributed by atoms with E-state index in [9.17, 15) is 9.59 Å². The summed E-state index contributed by atoms with van der Waals surface area (Å²) in [7, 11) is 1.55. The van der Waals surface area contributed by atoms with Crippen molar-refractivity contribution < 1.29 is 19.1 Å². The second kappa shape index (κ2) is 7.89. The lowest BCUT2D eigenvalue weighted by molar-refractivity contribution is 0.0928. The maximum atomic E-state index is 12.4. The SMILES string of the molecule is COc1ccc(OC(=O)NNC(=O)c2ccccc2-n2cccc2)cc1. The van der Waals surface area contributed by atoms with Crippen LogP contribution < -0.4 is 20.3 Å². The first-order chi connectivity index (χ1) is 12.7. The highest BCUT2D eigenvalue weighted by atomic mass is 16.6. The first-order valence-electron chi connectivity index (χ1n) is 7.82. The average molecular weight is 351 g/mol. The third-order valence-corrected chi connectivity index (χ3v) is 3.58. The smallest absolute Gasteiger partial charge is 0.431 e. The summed E-state index contributed by atoms with van der Waals surface area (Å²) >= 11 is 0. The number of nitrogens with zero attached hydrogens (tertiary/aromatic N) is 1. The molecule has 1 aromatic heterocycles. The lowest BCUT2D eigenvalue weighted by atomic mass is 10.1. The molecule has 7 nitrogen and oxygen atoms in total. The van der Waals surface area contributed by atoms with Crippen LogP contribution in [0.1, 0.15) is 10.4 Å². The number of nitrogens with one attached hydrogen (secondary N) is 2. The number of carbonyl (C=O) groups is 2. The van der Waals surface area contributed by atoms with E-state index in [2.05, 4.69) is 10.9 Å². The molecule has 0 bridgehead atoms. The molecule has 2 N–H and O–H groups in total. The van der Waals surface area contributed by atoms with E-state index in [1.165, 1.54) is 0 Å². The average Bonchev–Trinajstić information content (AvgIpc) is 3.21. The lowest BCUT2D eigenvalue weighted by Crippen LogP contribution is -2.43. The van der Waals surface area contributed by atoms with E-state index >= 15 is 0 Å². The molecule has 2 aromatic carbocycles. The van der Waals surface area contributed by atoms with Crippen LogP contribution in [0.4, 0.5) is 4.79 Å². The number of hydrogen-bond acceptors (Lipinski definition) is 4. The Morgan fingerprint density at radius 1 is 0.846 bits per heavy atom. The minimum absolute atomic E-state index is 0.324. The van der Waals surface area contributed by atoms with E-state index in [4.69, 9.17) is 9.47 Å². The Balaban J connectivity index is 1.61. The summed E-state index contributed by atoms with van der Waals surface area (Å²) in [6, 6.07) is 17.3. The summed E-state index contributed by atoms with van der Waals surface area (Å²) in [5.41, 5.74) is 5.68. The van der Waals surface area contributed by atoms with Crippen LogP contribution in [0.3, 0.4) is 0 Å². The van der Waals surface area contributed by atoms with E-state index in [-0.39, 0.29) is 0 Å². The zero-order chi connectivity index (χ0) is 18.4. The number of methoxy groups -OCH3 is 1. The van der Waals surface area contributed by atoms with Crippen LogP contribution in [0, 0.1) is 0 Å². The Labute approximate surface area is 150 Å². The molecule has 0 unspecified atom stereocenters. The topological polar surface area (TPSA) is 81.6 Å². The fourth-order valence-electron chi connectivity index (χ4n) is 2.34. The van der Waals surface area contributed by atoms with Crippen molar-refractivity contribution in [3.05, 3.63) is 78.6 Å². The molecule has 0 saturated carbocycles. The van der Waals surface area contributed by atoms with Gasteiger partial charge in [-0.2, -0.15) is 0 Å². The highest BCUT2D eigenvalue weighted by molar-refractivity contribution is 5.98. The molecule has 1 heterocycles. The number of benzene rings is 2. The molecule has 0 spiro atoms. The van der Waals surface area contributed by atoms with Crippen molar-refractivity contribution in [2.45, 2.75) is 0 Å². The van der Waals surface area contributed by atoms with E-state index < -0.39 is 12.0 Å². The Morgan fingerprint density at radius 3 is 2.19 bits per heavy atom. The third kappa shape index (κ3) is 4.02. The van der Waals surface area contributed by atoms with E-state index in [1.807, 2.05) is 41.2 Å².